The van der Waals surface area contributed by atoms with Crippen LogP contribution < -0.4 is 15.4 Å². The van der Waals surface area contributed by atoms with Crippen LogP contribution in [-0.4, -0.2) is 27.4 Å². The van der Waals surface area contributed by atoms with Gasteiger partial charge in [-0.2, -0.15) is 0 Å². The van der Waals surface area contributed by atoms with Crippen molar-refractivity contribution in [2.45, 2.75) is 33.0 Å². The Bertz CT molecular complexity index is 1270. The first-order valence-electron chi connectivity index (χ1n) is 10.8. The molecule has 2 amide bonds. The number of anilines is 1. The molecule has 0 radical (unpaired) electrons. The minimum Gasteiger partial charge on any atom is -0.486 e. The first-order chi connectivity index (χ1) is 16.0. The summed E-state index contributed by atoms with van der Waals surface area (Å²) in [7, 11) is 0. The number of amides is 2. The molecule has 0 fully saturated rings. The number of imidazole rings is 1. The molecule has 7 nitrogen and oxygen atoms in total. The normalized spacial score (nSPS) is 10.9. The Labute approximate surface area is 192 Å². The summed E-state index contributed by atoms with van der Waals surface area (Å²) < 4.78 is 7.72. The van der Waals surface area contributed by atoms with E-state index in [0.717, 1.165) is 16.8 Å². The van der Waals surface area contributed by atoms with Crippen LogP contribution in [0.2, 0.25) is 0 Å². The minimum atomic E-state index is -0.260. The number of ether oxygens (including phenoxy) is 1. The number of para-hydroxylation sites is 4. The van der Waals surface area contributed by atoms with E-state index in [-0.39, 0.29) is 31.0 Å². The Kier molecular flexibility index (Phi) is 6.69. The lowest BCUT2D eigenvalue weighted by molar-refractivity contribution is -0.116. The summed E-state index contributed by atoms with van der Waals surface area (Å²) in [5, 5.41) is 5.74. The van der Waals surface area contributed by atoms with Gasteiger partial charge in [0.1, 0.15) is 24.7 Å². The summed E-state index contributed by atoms with van der Waals surface area (Å²) in [5.41, 5.74) is 2.51. The number of carbonyl (C=O) groups excluding carboxylic acids is 2. The van der Waals surface area contributed by atoms with Crippen molar-refractivity contribution in [3.05, 3.63) is 90.3 Å². The minimum absolute atomic E-state index is 0.00857. The fourth-order valence-electron chi connectivity index (χ4n) is 3.54. The lowest BCUT2D eigenvalue weighted by Crippen LogP contribution is -2.31. The van der Waals surface area contributed by atoms with Gasteiger partial charge in [-0.05, 0) is 50.2 Å². The quantitative estimate of drug-likeness (QED) is 0.424. The van der Waals surface area contributed by atoms with E-state index in [4.69, 9.17) is 4.74 Å². The van der Waals surface area contributed by atoms with Gasteiger partial charge in [-0.3, -0.25) is 9.59 Å². The van der Waals surface area contributed by atoms with Crippen LogP contribution in [-0.2, 0) is 17.9 Å². The fraction of sp³-hybridized carbons (Fsp3) is 0.192. The van der Waals surface area contributed by atoms with Gasteiger partial charge in [0.25, 0.3) is 5.91 Å². The Morgan fingerprint density at radius 2 is 1.64 bits per heavy atom. The van der Waals surface area contributed by atoms with Crippen molar-refractivity contribution in [1.82, 2.24) is 14.9 Å². The third-order valence-corrected chi connectivity index (χ3v) is 5.01. The van der Waals surface area contributed by atoms with Crippen molar-refractivity contribution in [2.75, 3.05) is 5.32 Å². The Hall–Kier alpha value is -4.13. The number of nitrogens with one attached hydrogen (secondary N) is 2. The smallest absolute Gasteiger partial charge is 0.253 e. The molecule has 0 aliphatic carbocycles. The second kappa shape index (κ2) is 9.99. The van der Waals surface area contributed by atoms with Crippen LogP contribution in [0.25, 0.3) is 11.0 Å². The molecule has 0 unspecified atom stereocenters. The molecular formula is C26H26N4O3. The highest BCUT2D eigenvalue weighted by molar-refractivity contribution is 6.04. The molecular weight excluding hydrogens is 416 g/mol. The maximum atomic E-state index is 13.0. The standard InChI is InChI=1S/C26H26N4O3/c1-18(2)27-26(32)20-12-6-7-13-21(20)29-25(31)16-30-23-15-9-8-14-22(23)28-24(30)17-33-19-10-4-3-5-11-19/h3-15,18H,16-17H2,1-2H3,(H,27,32)(H,29,31). The number of rotatable bonds is 8. The SMILES string of the molecule is CC(C)NC(=O)c1ccccc1NC(=O)Cn1c(COc2ccccc2)nc2ccccc21. The average molecular weight is 443 g/mol. The summed E-state index contributed by atoms with van der Waals surface area (Å²) >= 11 is 0. The average Bonchev–Trinajstić information content (AvgIpc) is 3.15. The third kappa shape index (κ3) is 5.38. The molecule has 2 N–H and O–H groups in total. The van der Waals surface area contributed by atoms with Crippen LogP contribution in [0.4, 0.5) is 5.69 Å². The summed E-state index contributed by atoms with van der Waals surface area (Å²) in [4.78, 5) is 30.2. The molecule has 1 aromatic heterocycles. The van der Waals surface area contributed by atoms with Crippen molar-refractivity contribution >= 4 is 28.5 Å². The zero-order chi connectivity index (χ0) is 23.2. The molecule has 168 valence electrons. The molecule has 33 heavy (non-hydrogen) atoms. The Morgan fingerprint density at radius 3 is 2.42 bits per heavy atom. The number of benzene rings is 3. The van der Waals surface area contributed by atoms with Gasteiger partial charge in [0.05, 0.1) is 22.3 Å². The van der Waals surface area contributed by atoms with Crippen LogP contribution in [0, 0.1) is 0 Å². The summed E-state index contributed by atoms with van der Waals surface area (Å²) in [6.07, 6.45) is 0. The first-order valence-corrected chi connectivity index (χ1v) is 10.8. The number of aromatic nitrogens is 2. The highest BCUT2D eigenvalue weighted by atomic mass is 16.5. The van der Waals surface area contributed by atoms with Gasteiger partial charge in [0.2, 0.25) is 5.91 Å². The predicted molar refractivity (Wildman–Crippen MR) is 128 cm³/mol. The molecule has 0 aliphatic rings. The number of fused-ring (bicyclic) bond motifs is 1. The third-order valence-electron chi connectivity index (χ3n) is 5.01. The van der Waals surface area contributed by atoms with Crippen molar-refractivity contribution < 1.29 is 14.3 Å². The maximum absolute atomic E-state index is 13.0. The van der Waals surface area contributed by atoms with Crippen molar-refractivity contribution in [3.63, 3.8) is 0 Å². The molecule has 3 aromatic carbocycles. The van der Waals surface area contributed by atoms with Crippen LogP contribution in [0.3, 0.4) is 0 Å². The zero-order valence-corrected chi connectivity index (χ0v) is 18.6. The van der Waals surface area contributed by atoms with E-state index in [1.165, 1.54) is 0 Å². The van der Waals surface area contributed by atoms with Gasteiger partial charge in [-0.15, -0.1) is 0 Å². The van der Waals surface area contributed by atoms with E-state index in [1.807, 2.05) is 73.0 Å². The van der Waals surface area contributed by atoms with Gasteiger partial charge in [-0.1, -0.05) is 42.5 Å². The van der Waals surface area contributed by atoms with Crippen molar-refractivity contribution in [2.24, 2.45) is 0 Å². The number of nitrogens with zero attached hydrogens (tertiary/aromatic N) is 2. The van der Waals surface area contributed by atoms with Crippen molar-refractivity contribution in [3.8, 4) is 5.75 Å². The van der Waals surface area contributed by atoms with E-state index in [9.17, 15) is 9.59 Å². The van der Waals surface area contributed by atoms with Gasteiger partial charge in [-0.25, -0.2) is 4.98 Å². The van der Waals surface area contributed by atoms with E-state index < -0.39 is 0 Å². The van der Waals surface area contributed by atoms with Crippen LogP contribution >= 0.6 is 0 Å². The predicted octanol–water partition coefficient (Wildman–Crippen LogP) is 4.39. The number of carbonyl (C=O) groups is 2. The molecule has 0 spiro atoms. The van der Waals surface area contributed by atoms with E-state index >= 15 is 0 Å². The van der Waals surface area contributed by atoms with Crippen LogP contribution in [0.1, 0.15) is 30.0 Å². The largest absolute Gasteiger partial charge is 0.486 e. The molecule has 0 bridgehead atoms. The topological polar surface area (TPSA) is 85.2 Å². The maximum Gasteiger partial charge on any atom is 0.253 e. The molecule has 0 saturated carbocycles. The highest BCUT2D eigenvalue weighted by Gasteiger charge is 2.17. The second-order valence-corrected chi connectivity index (χ2v) is 7.93. The van der Waals surface area contributed by atoms with E-state index in [1.54, 1.807) is 24.3 Å². The second-order valence-electron chi connectivity index (χ2n) is 7.93. The summed E-state index contributed by atoms with van der Waals surface area (Å²) in [6, 6.07) is 24.1. The van der Waals surface area contributed by atoms with E-state index in [0.29, 0.717) is 17.1 Å². The summed E-state index contributed by atoms with van der Waals surface area (Å²) in [6.45, 7) is 4.04. The molecule has 0 saturated heterocycles. The number of hydrogen-bond donors (Lipinski definition) is 2. The molecule has 1 heterocycles. The summed E-state index contributed by atoms with van der Waals surface area (Å²) in [5.74, 6) is 0.876. The lowest BCUT2D eigenvalue weighted by Gasteiger charge is -2.14. The van der Waals surface area contributed by atoms with Crippen molar-refractivity contribution in [1.29, 1.82) is 0 Å². The monoisotopic (exact) mass is 442 g/mol. The van der Waals surface area contributed by atoms with Gasteiger partial charge < -0.3 is 19.9 Å². The van der Waals surface area contributed by atoms with Crippen LogP contribution in [0.15, 0.2) is 78.9 Å². The van der Waals surface area contributed by atoms with Gasteiger partial charge in [0.15, 0.2) is 0 Å². The molecule has 7 heteroatoms. The zero-order valence-electron chi connectivity index (χ0n) is 18.6. The first kappa shape index (κ1) is 22.1. The van der Waals surface area contributed by atoms with Crippen LogP contribution in [0.5, 0.6) is 5.75 Å². The Balaban J connectivity index is 1.55. The molecule has 4 rings (SSSR count). The van der Waals surface area contributed by atoms with Gasteiger partial charge in [0, 0.05) is 6.04 Å². The Morgan fingerprint density at radius 1 is 0.939 bits per heavy atom. The fourth-order valence-corrected chi connectivity index (χ4v) is 3.54. The molecule has 0 aliphatic heterocycles. The number of hydrogen-bond acceptors (Lipinski definition) is 4. The van der Waals surface area contributed by atoms with Gasteiger partial charge >= 0.3 is 0 Å². The molecule has 0 atom stereocenters. The lowest BCUT2D eigenvalue weighted by atomic mass is 10.1. The van der Waals surface area contributed by atoms with E-state index in [2.05, 4.69) is 15.6 Å². The molecule has 4 aromatic rings. The highest BCUT2D eigenvalue weighted by Crippen LogP contribution is 2.20.